The summed E-state index contributed by atoms with van der Waals surface area (Å²) in [7, 11) is 0. The number of amides is 1. The maximum Gasteiger partial charge on any atom is 0.281 e. The van der Waals surface area contributed by atoms with Crippen LogP contribution in [0.2, 0.25) is 5.02 Å². The number of benzene rings is 2. The number of carbonyl (C=O) groups is 1. The first-order chi connectivity index (χ1) is 12.5. The average Bonchev–Trinajstić information content (AvgIpc) is 2.97. The van der Waals surface area contributed by atoms with Gasteiger partial charge in [0.05, 0.1) is 5.02 Å². The Hall–Kier alpha value is -2.15. The van der Waals surface area contributed by atoms with Crippen LogP contribution in [-0.2, 0) is 0 Å². The lowest BCUT2D eigenvalue weighted by atomic mass is 10.0. The number of hydrazine groups is 1. The van der Waals surface area contributed by atoms with E-state index in [0.717, 1.165) is 15.8 Å². The van der Waals surface area contributed by atoms with Gasteiger partial charge in [-0.3, -0.25) is 15.6 Å². The van der Waals surface area contributed by atoms with E-state index in [1.165, 1.54) is 16.9 Å². The summed E-state index contributed by atoms with van der Waals surface area (Å²) in [5.41, 5.74) is 7.39. The first-order valence-corrected chi connectivity index (χ1v) is 9.70. The molecule has 0 saturated carbocycles. The molecule has 0 radical (unpaired) electrons. The quantitative estimate of drug-likeness (QED) is 0.409. The molecule has 0 aliphatic carbocycles. The number of carbonyl (C=O) groups excluding carboxylic acids is 1. The second kappa shape index (κ2) is 8.03. The number of hydrogen-bond acceptors (Lipinski definition) is 3. The molecule has 0 unspecified atom stereocenters. The molecule has 0 saturated heterocycles. The number of thiophene rings is 1. The van der Waals surface area contributed by atoms with Crippen LogP contribution in [0.3, 0.4) is 0 Å². The third kappa shape index (κ3) is 4.15. The Morgan fingerprint density at radius 1 is 1.08 bits per heavy atom. The molecule has 1 heterocycles. The summed E-state index contributed by atoms with van der Waals surface area (Å²) in [6.45, 7) is 4.28. The molecule has 3 N–H and O–H groups in total. The molecule has 1 aromatic heterocycles. The Morgan fingerprint density at radius 3 is 2.42 bits per heavy atom. The first-order valence-electron chi connectivity index (χ1n) is 8.10. The van der Waals surface area contributed by atoms with E-state index in [2.05, 4.69) is 30.0 Å². The van der Waals surface area contributed by atoms with Gasteiger partial charge in [0, 0.05) is 15.8 Å². The number of thiocarbonyl (C=S) groups is 1. The van der Waals surface area contributed by atoms with E-state index in [-0.39, 0.29) is 5.91 Å². The molecule has 3 rings (SSSR count). The van der Waals surface area contributed by atoms with Gasteiger partial charge in [0.25, 0.3) is 5.91 Å². The second-order valence-corrected chi connectivity index (χ2v) is 7.89. The monoisotopic (exact) mass is 403 g/mol. The number of rotatable bonds is 3. The Morgan fingerprint density at radius 2 is 1.77 bits per heavy atom. The highest BCUT2D eigenvalue weighted by Gasteiger charge is 2.16. The summed E-state index contributed by atoms with van der Waals surface area (Å²) in [6.07, 6.45) is 0. The molecule has 3 aromatic rings. The van der Waals surface area contributed by atoms with Crippen LogP contribution in [0.4, 0.5) is 5.69 Å². The van der Waals surface area contributed by atoms with Gasteiger partial charge in [-0.05, 0) is 41.9 Å². The van der Waals surface area contributed by atoms with E-state index in [1.54, 1.807) is 0 Å². The van der Waals surface area contributed by atoms with Crippen LogP contribution in [0.25, 0.3) is 10.1 Å². The third-order valence-electron chi connectivity index (χ3n) is 3.87. The molecular weight excluding hydrogens is 386 g/mol. The normalized spacial score (nSPS) is 10.8. The molecule has 26 heavy (non-hydrogen) atoms. The number of halogens is 1. The predicted molar refractivity (Wildman–Crippen MR) is 114 cm³/mol. The van der Waals surface area contributed by atoms with Crippen molar-refractivity contribution in [1.82, 2.24) is 10.9 Å². The fraction of sp³-hybridized carbons (Fsp3) is 0.158. The highest BCUT2D eigenvalue weighted by atomic mass is 35.5. The zero-order valence-corrected chi connectivity index (χ0v) is 16.7. The Balaban J connectivity index is 1.60. The van der Waals surface area contributed by atoms with Crippen LogP contribution in [0, 0.1) is 0 Å². The van der Waals surface area contributed by atoms with E-state index in [4.69, 9.17) is 23.8 Å². The molecule has 4 nitrogen and oxygen atoms in total. The summed E-state index contributed by atoms with van der Waals surface area (Å²) in [4.78, 5) is 12.8. The van der Waals surface area contributed by atoms with Crippen LogP contribution in [0.5, 0.6) is 0 Å². The van der Waals surface area contributed by atoms with Crippen molar-refractivity contribution in [2.24, 2.45) is 0 Å². The first kappa shape index (κ1) is 18.6. The summed E-state index contributed by atoms with van der Waals surface area (Å²) in [6, 6.07) is 15.6. The van der Waals surface area contributed by atoms with Crippen LogP contribution in [0.1, 0.15) is 35.0 Å². The zero-order valence-electron chi connectivity index (χ0n) is 14.3. The zero-order chi connectivity index (χ0) is 18.7. The van der Waals surface area contributed by atoms with E-state index in [1.807, 2.05) is 48.5 Å². The summed E-state index contributed by atoms with van der Waals surface area (Å²) in [5, 5.41) is 4.65. The van der Waals surface area contributed by atoms with E-state index < -0.39 is 0 Å². The van der Waals surface area contributed by atoms with Gasteiger partial charge in [0.15, 0.2) is 5.11 Å². The van der Waals surface area contributed by atoms with Crippen LogP contribution in [-0.4, -0.2) is 11.0 Å². The van der Waals surface area contributed by atoms with Gasteiger partial charge in [-0.25, -0.2) is 0 Å². The minimum absolute atomic E-state index is 0.299. The topological polar surface area (TPSA) is 53.2 Å². The molecule has 134 valence electrons. The Labute approximate surface area is 166 Å². The lowest BCUT2D eigenvalue weighted by Gasteiger charge is -2.12. The van der Waals surface area contributed by atoms with Gasteiger partial charge in [0.1, 0.15) is 4.88 Å². The summed E-state index contributed by atoms with van der Waals surface area (Å²) in [5.74, 6) is 0.148. The molecule has 0 aliphatic heterocycles. The summed E-state index contributed by atoms with van der Waals surface area (Å²) < 4.78 is 0.966. The fourth-order valence-electron chi connectivity index (χ4n) is 2.44. The van der Waals surface area contributed by atoms with E-state index in [9.17, 15) is 4.79 Å². The van der Waals surface area contributed by atoms with Gasteiger partial charge in [-0.1, -0.05) is 55.8 Å². The van der Waals surface area contributed by atoms with Crippen molar-refractivity contribution in [2.75, 3.05) is 5.32 Å². The molecule has 0 spiro atoms. The minimum Gasteiger partial charge on any atom is -0.331 e. The largest absolute Gasteiger partial charge is 0.331 e. The maximum atomic E-state index is 12.4. The van der Waals surface area contributed by atoms with Gasteiger partial charge >= 0.3 is 0 Å². The predicted octanol–water partition coefficient (Wildman–Crippen LogP) is 5.31. The number of nitrogens with one attached hydrogen (secondary N) is 3. The lowest BCUT2D eigenvalue weighted by Crippen LogP contribution is -2.43. The van der Waals surface area contributed by atoms with Crippen LogP contribution >= 0.6 is 35.2 Å². The summed E-state index contributed by atoms with van der Waals surface area (Å²) >= 11 is 12.9. The SMILES string of the molecule is CC(C)c1ccc(NC(=S)NNC(=O)c2sc3ccccc3c2Cl)cc1. The van der Waals surface area contributed by atoms with Gasteiger partial charge in [-0.2, -0.15) is 0 Å². The maximum absolute atomic E-state index is 12.4. The molecule has 0 atom stereocenters. The van der Waals surface area contributed by atoms with Gasteiger partial charge in [0.2, 0.25) is 0 Å². The van der Waals surface area contributed by atoms with Crippen molar-refractivity contribution in [1.29, 1.82) is 0 Å². The smallest absolute Gasteiger partial charge is 0.281 e. The lowest BCUT2D eigenvalue weighted by molar-refractivity contribution is 0.0948. The number of anilines is 1. The van der Waals surface area contributed by atoms with E-state index in [0.29, 0.717) is 20.9 Å². The highest BCUT2D eigenvalue weighted by molar-refractivity contribution is 7.80. The average molecular weight is 404 g/mol. The molecule has 2 aromatic carbocycles. The van der Waals surface area contributed by atoms with Crippen molar-refractivity contribution >= 4 is 61.9 Å². The standard InChI is InChI=1S/C19H18ClN3OS2/c1-11(2)12-7-9-13(10-8-12)21-19(25)23-22-18(24)17-16(20)14-5-3-4-6-15(14)26-17/h3-11H,1-2H3,(H,22,24)(H2,21,23,25). The Bertz CT molecular complexity index is 951. The fourth-order valence-corrected chi connectivity index (χ4v) is 4.03. The highest BCUT2D eigenvalue weighted by Crippen LogP contribution is 2.34. The molecule has 0 aliphatic rings. The Kier molecular flexibility index (Phi) is 5.76. The second-order valence-electron chi connectivity index (χ2n) is 6.05. The van der Waals surface area contributed by atoms with Gasteiger partial charge in [-0.15, -0.1) is 11.3 Å². The van der Waals surface area contributed by atoms with Crippen molar-refractivity contribution in [3.8, 4) is 0 Å². The van der Waals surface area contributed by atoms with Crippen LogP contribution < -0.4 is 16.2 Å². The van der Waals surface area contributed by atoms with Crippen molar-refractivity contribution in [3.63, 3.8) is 0 Å². The van der Waals surface area contributed by atoms with Crippen molar-refractivity contribution < 1.29 is 4.79 Å². The number of fused-ring (bicyclic) bond motifs is 1. The van der Waals surface area contributed by atoms with Crippen molar-refractivity contribution in [3.05, 3.63) is 64.0 Å². The van der Waals surface area contributed by atoms with Crippen LogP contribution in [0.15, 0.2) is 48.5 Å². The minimum atomic E-state index is -0.324. The molecule has 0 fully saturated rings. The molecular formula is C19H18ClN3OS2. The molecule has 7 heteroatoms. The van der Waals surface area contributed by atoms with Crippen molar-refractivity contribution in [2.45, 2.75) is 19.8 Å². The van der Waals surface area contributed by atoms with Gasteiger partial charge < -0.3 is 5.32 Å². The third-order valence-corrected chi connectivity index (χ3v) is 5.74. The molecule has 1 amide bonds. The van der Waals surface area contributed by atoms with E-state index >= 15 is 0 Å². The molecule has 0 bridgehead atoms. The number of hydrogen-bond donors (Lipinski definition) is 3.